The summed E-state index contributed by atoms with van der Waals surface area (Å²) in [5.41, 5.74) is 1.00. The van der Waals surface area contributed by atoms with Gasteiger partial charge in [-0.25, -0.2) is 4.98 Å². The van der Waals surface area contributed by atoms with Crippen LogP contribution in [0.1, 0.15) is 31.4 Å². The molecule has 3 rings (SSSR count). The van der Waals surface area contributed by atoms with E-state index in [0.717, 1.165) is 23.3 Å². The lowest BCUT2D eigenvalue weighted by Gasteiger charge is -2.24. The largest absolute Gasteiger partial charge is 0.359 e. The Labute approximate surface area is 113 Å². The van der Waals surface area contributed by atoms with Gasteiger partial charge in [0, 0.05) is 11.7 Å². The van der Waals surface area contributed by atoms with Gasteiger partial charge in [-0.15, -0.1) is 0 Å². The number of hydrogen-bond donors (Lipinski definition) is 2. The number of fused-ring (bicyclic) bond motifs is 2. The molecule has 2 bridgehead atoms. The second-order valence-corrected chi connectivity index (χ2v) is 5.95. The van der Waals surface area contributed by atoms with Crippen LogP contribution in [0.5, 0.6) is 0 Å². The molecule has 0 amide bonds. The first-order chi connectivity index (χ1) is 8.70. The number of nitrogens with one attached hydrogen (secondary N) is 2. The molecule has 1 heterocycles. The molecular formula is C14H19N3S. The summed E-state index contributed by atoms with van der Waals surface area (Å²) in [5, 5.41) is 7.35. The van der Waals surface area contributed by atoms with Gasteiger partial charge in [-0.1, -0.05) is 12.5 Å². The zero-order chi connectivity index (χ0) is 12.5. The van der Waals surface area contributed by atoms with Gasteiger partial charge in [0.15, 0.2) is 5.11 Å². The highest BCUT2D eigenvalue weighted by Crippen LogP contribution is 2.44. The van der Waals surface area contributed by atoms with Crippen molar-refractivity contribution < 1.29 is 0 Å². The van der Waals surface area contributed by atoms with Crippen molar-refractivity contribution in [3.8, 4) is 0 Å². The lowest BCUT2D eigenvalue weighted by molar-refractivity contribution is 0.392. The number of anilines is 1. The molecule has 0 spiro atoms. The van der Waals surface area contributed by atoms with Crippen molar-refractivity contribution in [3.63, 3.8) is 0 Å². The van der Waals surface area contributed by atoms with E-state index < -0.39 is 0 Å². The second-order valence-electron chi connectivity index (χ2n) is 5.54. The molecule has 4 heteroatoms. The van der Waals surface area contributed by atoms with Crippen LogP contribution >= 0.6 is 12.2 Å². The van der Waals surface area contributed by atoms with E-state index in [2.05, 4.69) is 15.6 Å². The van der Waals surface area contributed by atoms with Crippen LogP contribution in [0.4, 0.5) is 5.82 Å². The van der Waals surface area contributed by atoms with Gasteiger partial charge >= 0.3 is 0 Å². The summed E-state index contributed by atoms with van der Waals surface area (Å²) in [7, 11) is 0. The minimum atomic E-state index is 0.577. The van der Waals surface area contributed by atoms with Crippen molar-refractivity contribution in [2.24, 2.45) is 11.8 Å². The average molecular weight is 261 g/mol. The topological polar surface area (TPSA) is 37.0 Å². The van der Waals surface area contributed by atoms with Crippen molar-refractivity contribution in [2.75, 3.05) is 5.32 Å². The zero-order valence-electron chi connectivity index (χ0n) is 10.6. The van der Waals surface area contributed by atoms with Crippen LogP contribution in [0.3, 0.4) is 0 Å². The maximum absolute atomic E-state index is 5.37. The summed E-state index contributed by atoms with van der Waals surface area (Å²) >= 11 is 5.37. The summed E-state index contributed by atoms with van der Waals surface area (Å²) in [4.78, 5) is 4.40. The van der Waals surface area contributed by atoms with Gasteiger partial charge in [-0.3, -0.25) is 0 Å². The van der Waals surface area contributed by atoms with E-state index in [-0.39, 0.29) is 0 Å². The Hall–Kier alpha value is -1.16. The number of aromatic nitrogens is 1. The molecular weight excluding hydrogens is 242 g/mol. The fourth-order valence-electron chi connectivity index (χ4n) is 3.35. The minimum Gasteiger partial charge on any atom is -0.359 e. The number of rotatable bonds is 2. The van der Waals surface area contributed by atoms with Gasteiger partial charge < -0.3 is 10.6 Å². The molecule has 0 aromatic carbocycles. The highest BCUT2D eigenvalue weighted by Gasteiger charge is 2.39. The van der Waals surface area contributed by atoms with E-state index in [1.807, 2.05) is 25.1 Å². The molecule has 0 aliphatic heterocycles. The summed E-state index contributed by atoms with van der Waals surface area (Å²) in [6.45, 7) is 1.98. The molecule has 2 saturated carbocycles. The van der Waals surface area contributed by atoms with E-state index >= 15 is 0 Å². The molecule has 3 unspecified atom stereocenters. The second kappa shape index (κ2) is 4.84. The molecule has 3 nitrogen and oxygen atoms in total. The average Bonchev–Trinajstić information content (AvgIpc) is 2.90. The van der Waals surface area contributed by atoms with Crippen LogP contribution in [-0.4, -0.2) is 16.1 Å². The van der Waals surface area contributed by atoms with Crippen LogP contribution in [-0.2, 0) is 0 Å². The highest BCUT2D eigenvalue weighted by molar-refractivity contribution is 7.80. The number of thiocarbonyl (C=S) groups is 1. The quantitative estimate of drug-likeness (QED) is 0.803. The highest BCUT2D eigenvalue weighted by atomic mass is 32.1. The van der Waals surface area contributed by atoms with Crippen molar-refractivity contribution in [1.82, 2.24) is 10.3 Å². The molecule has 0 radical (unpaired) electrons. The van der Waals surface area contributed by atoms with Crippen molar-refractivity contribution in [2.45, 2.75) is 38.6 Å². The molecule has 1 aromatic rings. The Balaban J connectivity index is 1.56. The van der Waals surface area contributed by atoms with Crippen LogP contribution in [0, 0.1) is 18.8 Å². The molecule has 96 valence electrons. The molecule has 3 atom stereocenters. The van der Waals surface area contributed by atoms with Gasteiger partial charge in [-0.05, 0) is 62.4 Å². The van der Waals surface area contributed by atoms with Crippen LogP contribution in [0.25, 0.3) is 0 Å². The third-order valence-electron chi connectivity index (χ3n) is 4.18. The van der Waals surface area contributed by atoms with Gasteiger partial charge in [0.25, 0.3) is 0 Å². The maximum Gasteiger partial charge on any atom is 0.172 e. The first-order valence-corrected chi connectivity index (χ1v) is 7.13. The van der Waals surface area contributed by atoms with Crippen molar-refractivity contribution in [3.05, 3.63) is 23.9 Å². The fourth-order valence-corrected chi connectivity index (χ4v) is 3.61. The smallest absolute Gasteiger partial charge is 0.172 e. The Morgan fingerprint density at radius 2 is 2.22 bits per heavy atom. The van der Waals surface area contributed by atoms with Crippen molar-refractivity contribution >= 4 is 23.1 Å². The van der Waals surface area contributed by atoms with Gasteiger partial charge in [-0.2, -0.15) is 0 Å². The predicted molar refractivity (Wildman–Crippen MR) is 77.6 cm³/mol. The fraction of sp³-hybridized carbons (Fsp3) is 0.571. The predicted octanol–water partition coefficient (Wildman–Crippen LogP) is 2.87. The SMILES string of the molecule is Cc1cccc(NC(=S)NC2CC3CCC2C3)n1. The van der Waals surface area contributed by atoms with Crippen LogP contribution in [0.15, 0.2) is 18.2 Å². The summed E-state index contributed by atoms with van der Waals surface area (Å²) in [6, 6.07) is 6.50. The van der Waals surface area contributed by atoms with Gasteiger partial charge in [0.2, 0.25) is 0 Å². The van der Waals surface area contributed by atoms with E-state index in [9.17, 15) is 0 Å². The Bertz CT molecular complexity index is 460. The van der Waals surface area contributed by atoms with Crippen molar-refractivity contribution in [1.29, 1.82) is 0 Å². The molecule has 2 N–H and O–H groups in total. The summed E-state index contributed by atoms with van der Waals surface area (Å²) < 4.78 is 0. The zero-order valence-corrected chi connectivity index (χ0v) is 11.5. The van der Waals surface area contributed by atoms with Crippen LogP contribution < -0.4 is 10.6 Å². The van der Waals surface area contributed by atoms with Gasteiger partial charge in [0.1, 0.15) is 5.82 Å². The lowest BCUT2D eigenvalue weighted by Crippen LogP contribution is -2.40. The third-order valence-corrected chi connectivity index (χ3v) is 4.40. The maximum atomic E-state index is 5.37. The van der Waals surface area contributed by atoms with Gasteiger partial charge in [0.05, 0.1) is 0 Å². The molecule has 1 aromatic heterocycles. The number of aryl methyl sites for hydroxylation is 1. The standard InChI is InChI=1S/C14H19N3S/c1-9-3-2-4-13(15-9)17-14(18)16-12-8-10-5-6-11(12)7-10/h2-4,10-12H,5-8H2,1H3,(H2,15,16,17,18). The molecule has 2 aliphatic carbocycles. The summed E-state index contributed by atoms with van der Waals surface area (Å²) in [5.74, 6) is 2.60. The Morgan fingerprint density at radius 1 is 1.33 bits per heavy atom. The first-order valence-electron chi connectivity index (χ1n) is 6.72. The monoisotopic (exact) mass is 261 g/mol. The molecule has 18 heavy (non-hydrogen) atoms. The van der Waals surface area contributed by atoms with E-state index in [1.54, 1.807) is 0 Å². The molecule has 2 fully saturated rings. The van der Waals surface area contributed by atoms with E-state index in [4.69, 9.17) is 12.2 Å². The van der Waals surface area contributed by atoms with E-state index in [1.165, 1.54) is 25.7 Å². The lowest BCUT2D eigenvalue weighted by atomic mass is 9.96. The number of nitrogens with zero attached hydrogens (tertiary/aromatic N) is 1. The minimum absolute atomic E-state index is 0.577. The molecule has 2 aliphatic rings. The molecule has 0 saturated heterocycles. The Morgan fingerprint density at radius 3 is 2.89 bits per heavy atom. The number of pyridine rings is 1. The first kappa shape index (κ1) is 11.9. The third kappa shape index (κ3) is 2.48. The summed E-state index contributed by atoms with van der Waals surface area (Å²) in [6.07, 6.45) is 5.47. The number of hydrogen-bond acceptors (Lipinski definition) is 2. The Kier molecular flexibility index (Phi) is 3.20. The van der Waals surface area contributed by atoms with E-state index in [0.29, 0.717) is 11.2 Å². The normalized spacial score (nSPS) is 29.3. The van der Waals surface area contributed by atoms with Crippen LogP contribution in [0.2, 0.25) is 0 Å².